The highest BCUT2D eigenvalue weighted by Crippen LogP contribution is 2.33. The van der Waals surface area contributed by atoms with E-state index in [9.17, 15) is 27.1 Å². The van der Waals surface area contributed by atoms with E-state index in [1.807, 2.05) is 0 Å². The second-order valence-electron chi connectivity index (χ2n) is 4.62. The average molecular weight is 282 g/mol. The van der Waals surface area contributed by atoms with Gasteiger partial charge in [0.05, 0.1) is 5.60 Å². The minimum absolute atomic E-state index is 0.363. The Balaban J connectivity index is 2.25. The molecule has 0 heterocycles. The highest BCUT2D eigenvalue weighted by Gasteiger charge is 2.34. The molecular formula is C12H11F5O2. The standard InChI is InChI=1S/C12H11F5O2/c13-6-7(14)9(16)11(10(17)8(6)15)19-5-12(18)3-1-2-4-12/h18H,1-5H2. The Kier molecular flexibility index (Phi) is 3.66. The van der Waals surface area contributed by atoms with Gasteiger partial charge in [0.1, 0.15) is 6.61 Å². The van der Waals surface area contributed by atoms with Crippen LogP contribution < -0.4 is 4.74 Å². The number of aliphatic hydroxyl groups is 1. The topological polar surface area (TPSA) is 29.5 Å². The van der Waals surface area contributed by atoms with Crippen LogP contribution in [0.4, 0.5) is 22.0 Å². The second-order valence-corrected chi connectivity index (χ2v) is 4.62. The van der Waals surface area contributed by atoms with Crippen LogP contribution in [0.2, 0.25) is 0 Å². The summed E-state index contributed by atoms with van der Waals surface area (Å²) < 4.78 is 69.7. The molecule has 106 valence electrons. The van der Waals surface area contributed by atoms with Crippen molar-refractivity contribution in [2.24, 2.45) is 0 Å². The zero-order valence-corrected chi connectivity index (χ0v) is 9.78. The first kappa shape index (κ1) is 14.0. The lowest BCUT2D eigenvalue weighted by Gasteiger charge is -2.22. The van der Waals surface area contributed by atoms with E-state index in [1.54, 1.807) is 0 Å². The van der Waals surface area contributed by atoms with Gasteiger partial charge < -0.3 is 9.84 Å². The largest absolute Gasteiger partial charge is 0.484 e. The Labute approximate surface area is 105 Å². The summed E-state index contributed by atoms with van der Waals surface area (Å²) in [4.78, 5) is 0. The molecule has 1 aromatic rings. The van der Waals surface area contributed by atoms with Gasteiger partial charge in [0, 0.05) is 0 Å². The van der Waals surface area contributed by atoms with Gasteiger partial charge in [-0.2, -0.15) is 8.78 Å². The summed E-state index contributed by atoms with van der Waals surface area (Å²) in [6, 6.07) is 0. The third-order valence-corrected chi connectivity index (χ3v) is 3.19. The number of hydrogen-bond donors (Lipinski definition) is 1. The van der Waals surface area contributed by atoms with Crippen LogP contribution in [0.15, 0.2) is 0 Å². The van der Waals surface area contributed by atoms with E-state index in [-0.39, 0.29) is 0 Å². The van der Waals surface area contributed by atoms with E-state index in [0.29, 0.717) is 12.8 Å². The fourth-order valence-electron chi connectivity index (χ4n) is 2.10. The molecule has 1 aromatic carbocycles. The summed E-state index contributed by atoms with van der Waals surface area (Å²) in [7, 11) is 0. The molecule has 0 aromatic heterocycles. The normalized spacial score (nSPS) is 17.8. The average Bonchev–Trinajstić information content (AvgIpc) is 2.81. The fraction of sp³-hybridized carbons (Fsp3) is 0.500. The molecule has 0 amide bonds. The summed E-state index contributed by atoms with van der Waals surface area (Å²) >= 11 is 0. The van der Waals surface area contributed by atoms with Crippen molar-refractivity contribution in [3.05, 3.63) is 29.1 Å². The minimum Gasteiger partial charge on any atom is -0.484 e. The Morgan fingerprint density at radius 2 is 1.26 bits per heavy atom. The zero-order valence-electron chi connectivity index (χ0n) is 9.78. The predicted octanol–water partition coefficient (Wildman–Crippen LogP) is 3.07. The summed E-state index contributed by atoms with van der Waals surface area (Å²) in [5, 5.41) is 9.90. The fourth-order valence-corrected chi connectivity index (χ4v) is 2.10. The van der Waals surface area contributed by atoms with E-state index in [1.165, 1.54) is 0 Å². The lowest BCUT2D eigenvalue weighted by molar-refractivity contribution is -0.00143. The van der Waals surface area contributed by atoms with Crippen LogP contribution in [0.3, 0.4) is 0 Å². The maximum atomic E-state index is 13.3. The number of halogens is 5. The van der Waals surface area contributed by atoms with Crippen molar-refractivity contribution in [2.45, 2.75) is 31.3 Å². The molecule has 0 bridgehead atoms. The molecule has 7 heteroatoms. The molecule has 19 heavy (non-hydrogen) atoms. The Morgan fingerprint density at radius 3 is 1.74 bits per heavy atom. The summed E-state index contributed by atoms with van der Waals surface area (Å²) in [6.45, 7) is -0.509. The van der Waals surface area contributed by atoms with Gasteiger partial charge in [-0.3, -0.25) is 0 Å². The van der Waals surface area contributed by atoms with Crippen molar-refractivity contribution in [1.29, 1.82) is 0 Å². The predicted molar refractivity (Wildman–Crippen MR) is 55.1 cm³/mol. The van der Waals surface area contributed by atoms with Crippen molar-refractivity contribution in [2.75, 3.05) is 6.61 Å². The Bertz CT molecular complexity index is 468. The van der Waals surface area contributed by atoms with Crippen LogP contribution >= 0.6 is 0 Å². The summed E-state index contributed by atoms with van der Waals surface area (Å²) in [6.07, 6.45) is 2.17. The van der Waals surface area contributed by atoms with E-state index < -0.39 is 47.0 Å². The molecule has 1 aliphatic carbocycles. The van der Waals surface area contributed by atoms with Crippen LogP contribution in [0.25, 0.3) is 0 Å². The summed E-state index contributed by atoms with van der Waals surface area (Å²) in [5.41, 5.74) is -1.28. The minimum atomic E-state index is -2.23. The van der Waals surface area contributed by atoms with Crippen molar-refractivity contribution < 1.29 is 31.8 Å². The SMILES string of the molecule is OC1(COc2c(F)c(F)c(F)c(F)c2F)CCCC1. The Morgan fingerprint density at radius 1 is 0.842 bits per heavy atom. The molecule has 2 nitrogen and oxygen atoms in total. The van der Waals surface area contributed by atoms with Crippen LogP contribution in [-0.4, -0.2) is 17.3 Å². The molecule has 0 saturated heterocycles. The number of hydrogen-bond acceptors (Lipinski definition) is 2. The Hall–Kier alpha value is -1.37. The molecule has 2 rings (SSSR count). The van der Waals surface area contributed by atoms with Crippen LogP contribution in [0, 0.1) is 29.1 Å². The molecule has 0 spiro atoms. The van der Waals surface area contributed by atoms with Gasteiger partial charge >= 0.3 is 0 Å². The zero-order chi connectivity index (χ0) is 14.2. The number of benzene rings is 1. The second kappa shape index (κ2) is 4.96. The monoisotopic (exact) mass is 282 g/mol. The molecule has 0 atom stereocenters. The van der Waals surface area contributed by atoms with Gasteiger partial charge in [0.25, 0.3) is 0 Å². The van der Waals surface area contributed by atoms with Crippen molar-refractivity contribution in [3.8, 4) is 5.75 Å². The number of ether oxygens (including phenoxy) is 1. The maximum absolute atomic E-state index is 13.3. The molecule has 1 fully saturated rings. The van der Waals surface area contributed by atoms with Crippen LogP contribution in [0.5, 0.6) is 5.75 Å². The number of rotatable bonds is 3. The van der Waals surface area contributed by atoms with Crippen LogP contribution in [-0.2, 0) is 0 Å². The first-order valence-corrected chi connectivity index (χ1v) is 5.72. The molecule has 1 saturated carbocycles. The van der Waals surface area contributed by atoms with Gasteiger partial charge in [-0.1, -0.05) is 12.8 Å². The molecule has 0 unspecified atom stereocenters. The highest BCUT2D eigenvalue weighted by atomic mass is 19.2. The van der Waals surface area contributed by atoms with Crippen LogP contribution in [0.1, 0.15) is 25.7 Å². The van der Waals surface area contributed by atoms with E-state index >= 15 is 0 Å². The smallest absolute Gasteiger partial charge is 0.206 e. The van der Waals surface area contributed by atoms with Crippen molar-refractivity contribution in [1.82, 2.24) is 0 Å². The van der Waals surface area contributed by atoms with E-state index in [0.717, 1.165) is 12.8 Å². The molecule has 0 radical (unpaired) electrons. The van der Waals surface area contributed by atoms with Gasteiger partial charge in [-0.05, 0) is 12.8 Å². The lowest BCUT2D eigenvalue weighted by Crippen LogP contribution is -2.32. The first-order chi connectivity index (χ1) is 8.86. The van der Waals surface area contributed by atoms with E-state index in [2.05, 4.69) is 4.74 Å². The van der Waals surface area contributed by atoms with Gasteiger partial charge in [0.2, 0.25) is 29.1 Å². The quantitative estimate of drug-likeness (QED) is 0.524. The van der Waals surface area contributed by atoms with Crippen molar-refractivity contribution >= 4 is 0 Å². The highest BCUT2D eigenvalue weighted by molar-refractivity contribution is 5.29. The molecular weight excluding hydrogens is 271 g/mol. The molecule has 1 aliphatic rings. The van der Waals surface area contributed by atoms with Crippen molar-refractivity contribution in [3.63, 3.8) is 0 Å². The van der Waals surface area contributed by atoms with E-state index in [4.69, 9.17) is 0 Å². The van der Waals surface area contributed by atoms with Gasteiger partial charge in [-0.25, -0.2) is 13.2 Å². The first-order valence-electron chi connectivity index (χ1n) is 5.72. The van der Waals surface area contributed by atoms with Gasteiger partial charge in [0.15, 0.2) is 5.75 Å². The molecule has 0 aliphatic heterocycles. The third kappa shape index (κ3) is 2.51. The molecule has 1 N–H and O–H groups in total. The summed E-state index contributed by atoms with van der Waals surface area (Å²) in [5.74, 6) is -11.8. The lowest BCUT2D eigenvalue weighted by atomic mass is 10.0. The third-order valence-electron chi connectivity index (χ3n) is 3.19. The van der Waals surface area contributed by atoms with Gasteiger partial charge in [-0.15, -0.1) is 0 Å². The maximum Gasteiger partial charge on any atom is 0.206 e.